The van der Waals surface area contributed by atoms with Crippen molar-refractivity contribution < 1.29 is 4.74 Å². The minimum absolute atomic E-state index is 0.513. The van der Waals surface area contributed by atoms with Crippen LogP contribution in [0.1, 0.15) is 39.3 Å². The lowest BCUT2D eigenvalue weighted by Crippen LogP contribution is -2.31. The van der Waals surface area contributed by atoms with Crippen LogP contribution in [-0.2, 0) is 6.42 Å². The highest BCUT2D eigenvalue weighted by atomic mass is 16.5. The number of nitrogens with zero attached hydrogens (tertiary/aromatic N) is 1. The number of rotatable bonds is 8. The van der Waals surface area contributed by atoms with Gasteiger partial charge in [-0.3, -0.25) is 0 Å². The van der Waals surface area contributed by atoms with Crippen molar-refractivity contribution >= 4 is 0 Å². The lowest BCUT2D eigenvalue weighted by Gasteiger charge is -2.16. The van der Waals surface area contributed by atoms with Gasteiger partial charge >= 0.3 is 0 Å². The van der Waals surface area contributed by atoms with Crippen LogP contribution in [-0.4, -0.2) is 24.2 Å². The van der Waals surface area contributed by atoms with E-state index in [0.29, 0.717) is 12.6 Å². The first-order valence-corrected chi connectivity index (χ1v) is 6.62. The fraction of sp³-hybridized carbons (Fsp3) is 0.643. The number of ether oxygens (including phenoxy) is 1. The monoisotopic (exact) mass is 236 g/mol. The Morgan fingerprint density at radius 1 is 1.29 bits per heavy atom. The first-order chi connectivity index (χ1) is 8.30. The maximum absolute atomic E-state index is 5.41. The van der Waals surface area contributed by atoms with Crippen LogP contribution in [0.5, 0.6) is 5.88 Å². The molecule has 0 spiro atoms. The van der Waals surface area contributed by atoms with E-state index in [1.807, 2.05) is 19.1 Å². The molecule has 0 aliphatic heterocycles. The molecule has 96 valence electrons. The average Bonchev–Trinajstić information content (AvgIpc) is 2.35. The zero-order valence-electron chi connectivity index (χ0n) is 11.2. The summed E-state index contributed by atoms with van der Waals surface area (Å²) in [5.74, 6) is 0.732. The number of aromatic nitrogens is 1. The molecular weight excluding hydrogens is 212 g/mol. The fourth-order valence-corrected chi connectivity index (χ4v) is 1.76. The van der Waals surface area contributed by atoms with Gasteiger partial charge in [0.15, 0.2) is 0 Å². The summed E-state index contributed by atoms with van der Waals surface area (Å²) in [6.45, 7) is 8.12. The van der Waals surface area contributed by atoms with Crippen LogP contribution in [0.4, 0.5) is 0 Å². The topological polar surface area (TPSA) is 34.1 Å². The van der Waals surface area contributed by atoms with Crippen molar-refractivity contribution in [2.45, 2.75) is 46.1 Å². The van der Waals surface area contributed by atoms with Crippen molar-refractivity contribution in [3.8, 4) is 5.88 Å². The summed E-state index contributed by atoms with van der Waals surface area (Å²) in [5, 5.41) is 3.54. The third-order valence-electron chi connectivity index (χ3n) is 2.70. The van der Waals surface area contributed by atoms with Crippen LogP contribution in [0.2, 0.25) is 0 Å². The Hall–Kier alpha value is -1.09. The second-order valence-electron chi connectivity index (χ2n) is 4.16. The zero-order valence-corrected chi connectivity index (χ0v) is 11.2. The van der Waals surface area contributed by atoms with Gasteiger partial charge in [-0.1, -0.05) is 19.9 Å². The predicted molar refractivity (Wildman–Crippen MR) is 71.5 cm³/mol. The highest BCUT2D eigenvalue weighted by molar-refractivity contribution is 5.16. The summed E-state index contributed by atoms with van der Waals surface area (Å²) in [4.78, 5) is 4.50. The van der Waals surface area contributed by atoms with E-state index in [9.17, 15) is 0 Å². The van der Waals surface area contributed by atoms with Crippen molar-refractivity contribution in [1.29, 1.82) is 0 Å². The van der Waals surface area contributed by atoms with Crippen molar-refractivity contribution in [2.24, 2.45) is 0 Å². The van der Waals surface area contributed by atoms with Gasteiger partial charge in [0.1, 0.15) is 0 Å². The van der Waals surface area contributed by atoms with Crippen LogP contribution in [0.3, 0.4) is 0 Å². The second-order valence-corrected chi connectivity index (χ2v) is 4.16. The van der Waals surface area contributed by atoms with E-state index < -0.39 is 0 Å². The average molecular weight is 236 g/mol. The molecule has 0 aromatic carbocycles. The van der Waals surface area contributed by atoms with E-state index in [0.717, 1.165) is 31.0 Å². The summed E-state index contributed by atoms with van der Waals surface area (Å²) in [7, 11) is 0. The summed E-state index contributed by atoms with van der Waals surface area (Å²) in [5.41, 5.74) is 1.10. The van der Waals surface area contributed by atoms with Gasteiger partial charge in [0.05, 0.1) is 6.61 Å². The Kier molecular flexibility index (Phi) is 6.63. The van der Waals surface area contributed by atoms with Gasteiger partial charge in [-0.2, -0.15) is 0 Å². The Morgan fingerprint density at radius 2 is 2.12 bits per heavy atom. The minimum atomic E-state index is 0.513. The Balaban J connectivity index is 2.55. The quantitative estimate of drug-likeness (QED) is 0.753. The molecule has 1 heterocycles. The molecule has 0 radical (unpaired) electrons. The molecule has 1 N–H and O–H groups in total. The number of hydrogen-bond donors (Lipinski definition) is 1. The van der Waals surface area contributed by atoms with Gasteiger partial charge in [0.25, 0.3) is 0 Å². The molecule has 3 heteroatoms. The van der Waals surface area contributed by atoms with Crippen molar-refractivity contribution in [3.63, 3.8) is 0 Å². The number of pyridine rings is 1. The summed E-state index contributed by atoms with van der Waals surface area (Å²) in [6.07, 6.45) is 3.26. The predicted octanol–water partition coefficient (Wildman–Crippen LogP) is 2.80. The van der Waals surface area contributed by atoms with Crippen molar-refractivity contribution in [1.82, 2.24) is 10.3 Å². The largest absolute Gasteiger partial charge is 0.478 e. The molecule has 1 unspecified atom stereocenters. The van der Waals surface area contributed by atoms with Gasteiger partial charge in [-0.15, -0.1) is 0 Å². The van der Waals surface area contributed by atoms with Crippen LogP contribution in [0, 0.1) is 0 Å². The summed E-state index contributed by atoms with van der Waals surface area (Å²) in [6, 6.07) is 6.51. The highest BCUT2D eigenvalue weighted by Crippen LogP contribution is 2.10. The van der Waals surface area contributed by atoms with Crippen LogP contribution >= 0.6 is 0 Å². The van der Waals surface area contributed by atoms with Crippen molar-refractivity contribution in [2.75, 3.05) is 13.2 Å². The summed E-state index contributed by atoms with van der Waals surface area (Å²) >= 11 is 0. The van der Waals surface area contributed by atoms with E-state index in [-0.39, 0.29) is 0 Å². The molecular formula is C14H24N2O. The van der Waals surface area contributed by atoms with Gasteiger partial charge in [-0.25, -0.2) is 4.98 Å². The van der Waals surface area contributed by atoms with Gasteiger partial charge < -0.3 is 10.1 Å². The standard InChI is InChI=1S/C14H24N2O/c1-4-10-15-12(5-2)11-13-8-7-9-14(16-13)17-6-3/h7-9,12,15H,4-6,10-11H2,1-3H3. The molecule has 0 saturated heterocycles. The number of hydrogen-bond acceptors (Lipinski definition) is 3. The third kappa shape index (κ3) is 5.18. The SMILES string of the molecule is CCCNC(CC)Cc1cccc(OCC)n1. The van der Waals surface area contributed by atoms with Gasteiger partial charge in [-0.05, 0) is 32.4 Å². The number of nitrogens with one attached hydrogen (secondary N) is 1. The van der Waals surface area contributed by atoms with Crippen LogP contribution in [0.25, 0.3) is 0 Å². The smallest absolute Gasteiger partial charge is 0.213 e. The Morgan fingerprint density at radius 3 is 2.76 bits per heavy atom. The zero-order chi connectivity index (χ0) is 12.5. The molecule has 1 rings (SSSR count). The molecule has 17 heavy (non-hydrogen) atoms. The van der Waals surface area contributed by atoms with Crippen molar-refractivity contribution in [3.05, 3.63) is 23.9 Å². The first kappa shape index (κ1) is 14.0. The highest BCUT2D eigenvalue weighted by Gasteiger charge is 2.07. The van der Waals surface area contributed by atoms with E-state index in [1.165, 1.54) is 6.42 Å². The Labute approximate surface area is 105 Å². The molecule has 0 aliphatic carbocycles. The van der Waals surface area contributed by atoms with E-state index in [1.54, 1.807) is 0 Å². The molecule has 0 saturated carbocycles. The molecule has 1 aromatic heterocycles. The Bertz CT molecular complexity index is 315. The molecule has 0 aliphatic rings. The molecule has 1 aromatic rings. The van der Waals surface area contributed by atoms with E-state index in [4.69, 9.17) is 4.74 Å². The van der Waals surface area contributed by atoms with E-state index >= 15 is 0 Å². The second kappa shape index (κ2) is 8.07. The maximum Gasteiger partial charge on any atom is 0.213 e. The third-order valence-corrected chi connectivity index (χ3v) is 2.70. The molecule has 0 bridgehead atoms. The van der Waals surface area contributed by atoms with E-state index in [2.05, 4.69) is 30.2 Å². The molecule has 3 nitrogen and oxygen atoms in total. The molecule has 0 amide bonds. The van der Waals surface area contributed by atoms with Gasteiger partial charge in [0.2, 0.25) is 5.88 Å². The summed E-state index contributed by atoms with van der Waals surface area (Å²) < 4.78 is 5.41. The maximum atomic E-state index is 5.41. The first-order valence-electron chi connectivity index (χ1n) is 6.62. The normalized spacial score (nSPS) is 12.4. The molecule has 1 atom stereocenters. The fourth-order valence-electron chi connectivity index (χ4n) is 1.76. The lowest BCUT2D eigenvalue weighted by atomic mass is 10.1. The van der Waals surface area contributed by atoms with Gasteiger partial charge in [0, 0.05) is 24.2 Å². The molecule has 0 fully saturated rings. The van der Waals surface area contributed by atoms with Crippen LogP contribution < -0.4 is 10.1 Å². The van der Waals surface area contributed by atoms with Crippen LogP contribution in [0.15, 0.2) is 18.2 Å². The lowest BCUT2D eigenvalue weighted by molar-refractivity contribution is 0.325. The minimum Gasteiger partial charge on any atom is -0.478 e.